The van der Waals surface area contributed by atoms with Crippen molar-refractivity contribution >= 4 is 21.6 Å². The van der Waals surface area contributed by atoms with Gasteiger partial charge in [-0.1, -0.05) is 19.9 Å². The molecule has 0 spiro atoms. The third kappa shape index (κ3) is 4.48. The van der Waals surface area contributed by atoms with E-state index in [1.54, 1.807) is 0 Å². The summed E-state index contributed by atoms with van der Waals surface area (Å²) in [5.41, 5.74) is 0.317. The van der Waals surface area contributed by atoms with Crippen molar-refractivity contribution in [2.45, 2.75) is 25.2 Å². The first-order valence-corrected chi connectivity index (χ1v) is 10.9. The lowest BCUT2D eigenvalue weighted by molar-refractivity contribution is 0.0992. The summed E-state index contributed by atoms with van der Waals surface area (Å²) in [6.07, 6.45) is 0.976. The van der Waals surface area contributed by atoms with Gasteiger partial charge in [-0.15, -0.1) is 0 Å². The molecule has 1 saturated heterocycles. The van der Waals surface area contributed by atoms with Gasteiger partial charge in [-0.05, 0) is 48.6 Å². The summed E-state index contributed by atoms with van der Waals surface area (Å²) in [5, 5.41) is 0. The molecule has 2 unspecified atom stereocenters. The molecule has 0 bridgehead atoms. The van der Waals surface area contributed by atoms with Crippen LogP contribution in [0.5, 0.6) is 0 Å². The molecule has 1 aliphatic rings. The highest BCUT2D eigenvalue weighted by atomic mass is 32.2. The van der Waals surface area contributed by atoms with Gasteiger partial charge < -0.3 is 4.90 Å². The Morgan fingerprint density at radius 3 is 2.31 bits per heavy atom. The SMILES string of the molecule is CC1CC(C)CN(S(=O)(=O)c2cccc(C(=O)N(C)c3ccc(F)c(F)c3)c2)C1. The van der Waals surface area contributed by atoms with Crippen molar-refractivity contribution in [3.63, 3.8) is 0 Å². The van der Waals surface area contributed by atoms with Gasteiger partial charge in [0.1, 0.15) is 0 Å². The van der Waals surface area contributed by atoms with Crippen LogP contribution in [0.4, 0.5) is 14.5 Å². The third-order valence-corrected chi connectivity index (χ3v) is 6.98. The smallest absolute Gasteiger partial charge is 0.258 e. The lowest BCUT2D eigenvalue weighted by Gasteiger charge is -2.34. The Labute approximate surface area is 170 Å². The molecule has 29 heavy (non-hydrogen) atoms. The summed E-state index contributed by atoms with van der Waals surface area (Å²) in [7, 11) is -2.31. The van der Waals surface area contributed by atoms with Gasteiger partial charge >= 0.3 is 0 Å². The van der Waals surface area contributed by atoms with Crippen LogP contribution >= 0.6 is 0 Å². The molecule has 3 rings (SSSR count). The van der Waals surface area contributed by atoms with Crippen LogP contribution in [0.15, 0.2) is 47.4 Å². The molecule has 0 saturated carbocycles. The molecule has 2 aromatic carbocycles. The average molecular weight is 422 g/mol. The quantitative estimate of drug-likeness (QED) is 0.751. The van der Waals surface area contributed by atoms with E-state index in [9.17, 15) is 22.0 Å². The summed E-state index contributed by atoms with van der Waals surface area (Å²) in [4.78, 5) is 14.0. The highest BCUT2D eigenvalue weighted by Gasteiger charge is 2.32. The molecule has 156 valence electrons. The van der Waals surface area contributed by atoms with E-state index in [0.29, 0.717) is 13.1 Å². The first-order valence-electron chi connectivity index (χ1n) is 9.43. The van der Waals surface area contributed by atoms with Crippen molar-refractivity contribution in [1.29, 1.82) is 0 Å². The summed E-state index contributed by atoms with van der Waals surface area (Å²) < 4.78 is 54.3. The second kappa shape index (κ2) is 8.20. The van der Waals surface area contributed by atoms with Gasteiger partial charge in [0.15, 0.2) is 11.6 Å². The molecule has 2 aromatic rings. The Kier molecular flexibility index (Phi) is 6.05. The molecule has 1 fully saturated rings. The normalized spacial score (nSPS) is 20.4. The fourth-order valence-electron chi connectivity index (χ4n) is 3.75. The Morgan fingerprint density at radius 1 is 1.03 bits per heavy atom. The van der Waals surface area contributed by atoms with Crippen molar-refractivity contribution in [3.05, 3.63) is 59.7 Å². The minimum atomic E-state index is -3.73. The lowest BCUT2D eigenvalue weighted by atomic mass is 9.94. The molecule has 5 nitrogen and oxygen atoms in total. The molecular weight excluding hydrogens is 398 g/mol. The van der Waals surface area contributed by atoms with Crippen LogP contribution in [0.3, 0.4) is 0 Å². The van der Waals surface area contributed by atoms with Gasteiger partial charge in [0.25, 0.3) is 5.91 Å². The van der Waals surface area contributed by atoms with Gasteiger partial charge in [0, 0.05) is 37.5 Å². The number of hydrogen-bond donors (Lipinski definition) is 0. The standard InChI is InChI=1S/C21H24F2N2O3S/c1-14-9-15(2)13-25(12-14)29(27,28)18-6-4-5-16(10-18)21(26)24(3)17-7-8-19(22)20(23)11-17/h4-8,10-11,14-15H,9,12-13H2,1-3H3. The topological polar surface area (TPSA) is 57.7 Å². The molecule has 2 atom stereocenters. The van der Waals surface area contributed by atoms with Gasteiger partial charge in [0.05, 0.1) is 4.90 Å². The first-order chi connectivity index (χ1) is 13.6. The number of halogens is 2. The lowest BCUT2D eigenvalue weighted by Crippen LogP contribution is -2.42. The zero-order chi connectivity index (χ0) is 21.3. The number of carbonyl (C=O) groups is 1. The maximum Gasteiger partial charge on any atom is 0.258 e. The summed E-state index contributed by atoms with van der Waals surface area (Å²) >= 11 is 0. The van der Waals surface area contributed by atoms with E-state index in [-0.39, 0.29) is 28.0 Å². The molecule has 0 radical (unpaired) electrons. The summed E-state index contributed by atoms with van der Waals surface area (Å²) in [6, 6.07) is 8.95. The predicted molar refractivity (Wildman–Crippen MR) is 107 cm³/mol. The van der Waals surface area contributed by atoms with Gasteiger partial charge in [0.2, 0.25) is 10.0 Å². The van der Waals surface area contributed by atoms with Crippen LogP contribution in [0.25, 0.3) is 0 Å². The van der Waals surface area contributed by atoms with E-state index in [1.165, 1.54) is 41.7 Å². The summed E-state index contributed by atoms with van der Waals surface area (Å²) in [6.45, 7) is 4.93. The van der Waals surface area contributed by atoms with Crippen LogP contribution in [0, 0.1) is 23.5 Å². The highest BCUT2D eigenvalue weighted by Crippen LogP contribution is 2.27. The molecule has 1 amide bonds. The summed E-state index contributed by atoms with van der Waals surface area (Å²) in [5.74, 6) is -2.07. The first kappa shape index (κ1) is 21.4. The number of carbonyl (C=O) groups excluding carboxylic acids is 1. The number of hydrogen-bond acceptors (Lipinski definition) is 3. The Bertz CT molecular complexity index is 1020. The predicted octanol–water partition coefficient (Wildman–Crippen LogP) is 3.91. The number of sulfonamides is 1. The molecule has 1 heterocycles. The van der Waals surface area contributed by atoms with E-state index in [4.69, 9.17) is 0 Å². The molecule has 1 aliphatic heterocycles. The molecule has 8 heteroatoms. The number of benzene rings is 2. The maximum absolute atomic E-state index is 13.5. The Hall–Kier alpha value is -2.32. The number of nitrogens with zero attached hydrogens (tertiary/aromatic N) is 2. The number of piperidine rings is 1. The molecule has 0 aliphatic carbocycles. The van der Waals surface area contributed by atoms with Gasteiger partial charge in [-0.2, -0.15) is 4.31 Å². The van der Waals surface area contributed by atoms with Crippen molar-refractivity contribution < 1.29 is 22.0 Å². The fraction of sp³-hybridized carbons (Fsp3) is 0.381. The monoisotopic (exact) mass is 422 g/mol. The Morgan fingerprint density at radius 2 is 1.69 bits per heavy atom. The number of amides is 1. The van der Waals surface area contributed by atoms with Crippen LogP contribution in [-0.2, 0) is 10.0 Å². The molecule has 0 aromatic heterocycles. The van der Waals surface area contributed by atoms with E-state index < -0.39 is 27.6 Å². The second-order valence-corrected chi connectivity index (χ2v) is 9.70. The van der Waals surface area contributed by atoms with Crippen LogP contribution in [0.2, 0.25) is 0 Å². The fourth-order valence-corrected chi connectivity index (χ4v) is 5.47. The Balaban J connectivity index is 1.88. The second-order valence-electron chi connectivity index (χ2n) is 7.76. The van der Waals surface area contributed by atoms with Crippen molar-refractivity contribution in [1.82, 2.24) is 4.31 Å². The third-order valence-electron chi connectivity index (χ3n) is 5.15. The van der Waals surface area contributed by atoms with Crippen LogP contribution in [0.1, 0.15) is 30.6 Å². The average Bonchev–Trinajstić information content (AvgIpc) is 2.68. The van der Waals surface area contributed by atoms with Crippen molar-refractivity contribution in [3.8, 4) is 0 Å². The van der Waals surface area contributed by atoms with E-state index >= 15 is 0 Å². The zero-order valence-corrected chi connectivity index (χ0v) is 17.4. The number of anilines is 1. The van der Waals surface area contributed by atoms with E-state index in [1.807, 2.05) is 13.8 Å². The highest BCUT2D eigenvalue weighted by molar-refractivity contribution is 7.89. The van der Waals surface area contributed by atoms with Crippen molar-refractivity contribution in [2.75, 3.05) is 25.0 Å². The van der Waals surface area contributed by atoms with Crippen molar-refractivity contribution in [2.24, 2.45) is 11.8 Å². The minimum Gasteiger partial charge on any atom is -0.311 e. The number of rotatable bonds is 4. The van der Waals surface area contributed by atoms with Crippen LogP contribution < -0.4 is 4.90 Å². The van der Waals surface area contributed by atoms with Gasteiger partial charge in [-0.3, -0.25) is 4.79 Å². The minimum absolute atomic E-state index is 0.0448. The van der Waals surface area contributed by atoms with Gasteiger partial charge in [-0.25, -0.2) is 17.2 Å². The van der Waals surface area contributed by atoms with Crippen LogP contribution in [-0.4, -0.2) is 38.8 Å². The zero-order valence-electron chi connectivity index (χ0n) is 16.6. The van der Waals surface area contributed by atoms with E-state index in [2.05, 4.69) is 0 Å². The van der Waals surface area contributed by atoms with E-state index in [0.717, 1.165) is 23.5 Å². The maximum atomic E-state index is 13.5. The molecular formula is C21H24F2N2O3S. The largest absolute Gasteiger partial charge is 0.311 e. The molecule has 0 N–H and O–H groups in total.